The van der Waals surface area contributed by atoms with Crippen molar-refractivity contribution in [1.82, 2.24) is 18.7 Å². The molecule has 2 N–H and O–H groups in total. The van der Waals surface area contributed by atoms with Crippen LogP contribution < -0.4 is 17.0 Å². The summed E-state index contributed by atoms with van der Waals surface area (Å²) < 4.78 is 4.40. The first-order chi connectivity index (χ1) is 14.4. The summed E-state index contributed by atoms with van der Waals surface area (Å²) in [5.74, 6) is 1.24. The summed E-state index contributed by atoms with van der Waals surface area (Å²) >= 11 is 0. The van der Waals surface area contributed by atoms with Gasteiger partial charge in [0.15, 0.2) is 11.2 Å². The fourth-order valence-corrected chi connectivity index (χ4v) is 4.40. The van der Waals surface area contributed by atoms with Crippen molar-refractivity contribution in [3.05, 3.63) is 74.2 Å². The lowest BCUT2D eigenvalue weighted by Gasteiger charge is -2.11. The molecule has 1 aliphatic rings. The number of hydrogen-bond acceptors (Lipinski definition) is 4. The van der Waals surface area contributed by atoms with Crippen LogP contribution >= 0.6 is 0 Å². The molecule has 7 nitrogen and oxygen atoms in total. The van der Waals surface area contributed by atoms with Gasteiger partial charge in [-0.15, -0.1) is 0 Å². The van der Waals surface area contributed by atoms with E-state index in [1.165, 1.54) is 32.9 Å². The number of hydrogen-bond donors (Lipinski definition) is 1. The standard InChI is InChI=1S/C23H25N5O2/c1-13(24)20-25-21-19(26(20)2)22(29)28(23(30)27(21)3)12-14-7-10-18-16(11-14)5-4-6-17(18)15-8-9-15/h4-7,10-11,13,15H,8-9,12,24H2,1-3H3. The van der Waals surface area contributed by atoms with Gasteiger partial charge in [0.2, 0.25) is 0 Å². The molecule has 2 aromatic heterocycles. The molecule has 1 aliphatic carbocycles. The quantitative estimate of drug-likeness (QED) is 0.567. The minimum atomic E-state index is -0.381. The van der Waals surface area contributed by atoms with E-state index in [2.05, 4.69) is 35.3 Å². The van der Waals surface area contributed by atoms with E-state index in [4.69, 9.17) is 5.73 Å². The van der Waals surface area contributed by atoms with Crippen molar-refractivity contribution in [2.24, 2.45) is 19.8 Å². The Balaban J connectivity index is 1.64. The van der Waals surface area contributed by atoms with E-state index in [0.717, 1.165) is 10.9 Å². The van der Waals surface area contributed by atoms with E-state index in [-0.39, 0.29) is 23.8 Å². The first-order valence-corrected chi connectivity index (χ1v) is 10.3. The Hall–Kier alpha value is -3.19. The van der Waals surface area contributed by atoms with Crippen LogP contribution in [0.1, 0.15) is 48.7 Å². The van der Waals surface area contributed by atoms with Gasteiger partial charge >= 0.3 is 5.69 Å². The van der Waals surface area contributed by atoms with Gasteiger partial charge in [0, 0.05) is 14.1 Å². The Bertz CT molecular complexity index is 1420. The first kappa shape index (κ1) is 18.8. The smallest absolute Gasteiger partial charge is 0.324 e. The third-order valence-electron chi connectivity index (χ3n) is 6.14. The number of aromatic nitrogens is 4. The molecule has 30 heavy (non-hydrogen) atoms. The fourth-order valence-electron chi connectivity index (χ4n) is 4.40. The molecule has 154 valence electrons. The van der Waals surface area contributed by atoms with Crippen molar-refractivity contribution >= 4 is 21.9 Å². The molecule has 1 atom stereocenters. The first-order valence-electron chi connectivity index (χ1n) is 10.3. The highest BCUT2D eigenvalue weighted by Crippen LogP contribution is 2.43. The average Bonchev–Trinajstić information content (AvgIpc) is 3.51. The van der Waals surface area contributed by atoms with Crippen LogP contribution in [0.3, 0.4) is 0 Å². The Morgan fingerprint density at radius 1 is 1.13 bits per heavy atom. The lowest BCUT2D eigenvalue weighted by atomic mass is 9.99. The maximum atomic E-state index is 13.2. The molecule has 0 aliphatic heterocycles. The number of aryl methyl sites for hydroxylation is 2. The van der Waals surface area contributed by atoms with Crippen LogP contribution in [0, 0.1) is 0 Å². The zero-order chi connectivity index (χ0) is 21.2. The number of nitrogens with two attached hydrogens (primary N) is 1. The summed E-state index contributed by atoms with van der Waals surface area (Å²) in [6.45, 7) is 2.02. The van der Waals surface area contributed by atoms with Crippen LogP contribution in [0.4, 0.5) is 0 Å². The summed E-state index contributed by atoms with van der Waals surface area (Å²) in [6.07, 6.45) is 2.50. The van der Waals surface area contributed by atoms with Gasteiger partial charge in [-0.3, -0.25) is 13.9 Å². The SMILES string of the molecule is CC(N)c1nc2c(c(=O)n(Cc3ccc4c(C5CC5)cccc4c3)c(=O)n2C)n1C. The largest absolute Gasteiger partial charge is 0.332 e. The molecular formula is C23H25N5O2. The molecule has 4 aromatic rings. The third-order valence-corrected chi connectivity index (χ3v) is 6.14. The third kappa shape index (κ3) is 2.81. The van der Waals surface area contributed by atoms with Gasteiger partial charge in [0.25, 0.3) is 5.56 Å². The van der Waals surface area contributed by atoms with E-state index in [9.17, 15) is 9.59 Å². The second-order valence-electron chi connectivity index (χ2n) is 8.40. The van der Waals surface area contributed by atoms with Crippen molar-refractivity contribution in [3.63, 3.8) is 0 Å². The van der Waals surface area contributed by atoms with Crippen molar-refractivity contribution in [2.45, 2.75) is 38.3 Å². The van der Waals surface area contributed by atoms with Gasteiger partial charge in [0.05, 0.1) is 12.6 Å². The highest BCUT2D eigenvalue weighted by molar-refractivity contribution is 5.87. The van der Waals surface area contributed by atoms with Gasteiger partial charge in [0.1, 0.15) is 5.82 Å². The minimum absolute atomic E-state index is 0.212. The Labute approximate surface area is 173 Å². The maximum Gasteiger partial charge on any atom is 0.332 e. The Kier molecular flexibility index (Phi) is 4.18. The normalized spacial score (nSPS) is 15.2. The summed E-state index contributed by atoms with van der Waals surface area (Å²) in [5, 5.41) is 2.40. The molecule has 7 heteroatoms. The summed E-state index contributed by atoms with van der Waals surface area (Å²) in [4.78, 5) is 30.6. The maximum absolute atomic E-state index is 13.2. The van der Waals surface area contributed by atoms with Crippen molar-refractivity contribution in [2.75, 3.05) is 0 Å². The van der Waals surface area contributed by atoms with E-state index in [1.54, 1.807) is 18.7 Å². The number of benzene rings is 2. The van der Waals surface area contributed by atoms with E-state index in [0.29, 0.717) is 22.9 Å². The lowest BCUT2D eigenvalue weighted by molar-refractivity contribution is 0.654. The summed E-state index contributed by atoms with van der Waals surface area (Å²) in [5.41, 5.74) is 8.33. The van der Waals surface area contributed by atoms with Crippen LogP contribution in [0.5, 0.6) is 0 Å². The van der Waals surface area contributed by atoms with E-state index < -0.39 is 0 Å². The van der Waals surface area contributed by atoms with Gasteiger partial charge in [-0.05, 0) is 53.6 Å². The van der Waals surface area contributed by atoms with Crippen LogP contribution in [0.15, 0.2) is 46.0 Å². The van der Waals surface area contributed by atoms with Crippen LogP contribution in [0.2, 0.25) is 0 Å². The zero-order valence-electron chi connectivity index (χ0n) is 17.4. The van der Waals surface area contributed by atoms with Gasteiger partial charge in [-0.25, -0.2) is 9.78 Å². The van der Waals surface area contributed by atoms with Crippen molar-refractivity contribution < 1.29 is 0 Å². The molecule has 0 spiro atoms. The second-order valence-corrected chi connectivity index (χ2v) is 8.40. The lowest BCUT2D eigenvalue weighted by Crippen LogP contribution is -2.39. The van der Waals surface area contributed by atoms with Crippen LogP contribution in [-0.4, -0.2) is 18.7 Å². The molecule has 1 saturated carbocycles. The molecule has 2 heterocycles. The van der Waals surface area contributed by atoms with Gasteiger partial charge < -0.3 is 10.3 Å². The Morgan fingerprint density at radius 3 is 2.60 bits per heavy atom. The molecule has 1 unspecified atom stereocenters. The predicted molar refractivity (Wildman–Crippen MR) is 118 cm³/mol. The number of imidazole rings is 1. The fraction of sp³-hybridized carbons (Fsp3) is 0.348. The van der Waals surface area contributed by atoms with Crippen LogP contribution in [0.25, 0.3) is 21.9 Å². The van der Waals surface area contributed by atoms with Crippen LogP contribution in [-0.2, 0) is 20.6 Å². The molecule has 0 bridgehead atoms. The number of fused-ring (bicyclic) bond motifs is 2. The highest BCUT2D eigenvalue weighted by Gasteiger charge is 2.25. The van der Waals surface area contributed by atoms with Gasteiger partial charge in [-0.1, -0.05) is 30.3 Å². The molecule has 0 amide bonds. The van der Waals surface area contributed by atoms with Gasteiger partial charge in [-0.2, -0.15) is 0 Å². The summed E-state index contributed by atoms with van der Waals surface area (Å²) in [6, 6.07) is 12.2. The number of rotatable bonds is 4. The second kappa shape index (κ2) is 6.67. The minimum Gasteiger partial charge on any atom is -0.324 e. The average molecular weight is 403 g/mol. The van der Waals surface area contributed by atoms with E-state index >= 15 is 0 Å². The highest BCUT2D eigenvalue weighted by atomic mass is 16.2. The van der Waals surface area contributed by atoms with E-state index in [1.807, 2.05) is 13.0 Å². The topological polar surface area (TPSA) is 87.8 Å². The predicted octanol–water partition coefficient (Wildman–Crippen LogP) is 2.53. The Morgan fingerprint density at radius 2 is 1.90 bits per heavy atom. The molecule has 5 rings (SSSR count). The molecule has 1 fully saturated rings. The molecule has 0 radical (unpaired) electrons. The molecule has 0 saturated heterocycles. The van der Waals surface area contributed by atoms with Crippen molar-refractivity contribution in [1.29, 1.82) is 0 Å². The zero-order valence-corrected chi connectivity index (χ0v) is 17.4. The summed E-state index contributed by atoms with van der Waals surface area (Å²) in [7, 11) is 3.40. The molecular weight excluding hydrogens is 378 g/mol. The molecule has 2 aromatic carbocycles. The van der Waals surface area contributed by atoms with Crippen molar-refractivity contribution in [3.8, 4) is 0 Å². The monoisotopic (exact) mass is 403 g/mol. The number of nitrogens with zero attached hydrogens (tertiary/aromatic N) is 4.